The Kier molecular flexibility index (Phi) is 19.1. The Morgan fingerprint density at radius 1 is 0.900 bits per heavy atom. The normalized spacial score (nSPS) is 15.1. The number of benzene rings is 2. The molecule has 16 nitrogen and oxygen atoms in total. The molecule has 324 valence electrons. The standard InChI is InChI=1S/C42H54N6O10S2/c1-26(49)43-19-9-7-13-28(38(54)44-30-16-17-32-35(23-30)60-41(46-32)40-47-33(25-59-40)42(56)57)21-34(50)31(14-8-10-20-48(2)3)45-39(55)29(15-18-36(51)52)22-37(53)58-24-27-11-5-4-6-12-27/h4-6,11-12,16-17,23,28-29,31,33H,7-10,13-15,18-22,24-25H2,1-3H3,(H,43,49)(H,44,54)(H,45,55)(H,51,52)(H,56,57)/t28-,29-,31+,33-/m1/s1. The lowest BCUT2D eigenvalue weighted by molar-refractivity contribution is -0.149. The highest BCUT2D eigenvalue weighted by molar-refractivity contribution is 8.15. The number of rotatable bonds is 26. The van der Waals surface area contributed by atoms with E-state index in [9.17, 15) is 43.8 Å². The number of unbranched alkanes of at least 4 members (excludes halogenated alkanes) is 2. The summed E-state index contributed by atoms with van der Waals surface area (Å²) in [5.74, 6) is -6.00. The Morgan fingerprint density at radius 3 is 2.32 bits per heavy atom. The number of carbonyl (C=O) groups is 7. The number of hydrogen-bond acceptors (Lipinski definition) is 13. The number of ketones is 1. The SMILES string of the molecule is CC(=O)NCCCC[C@H](CC(=O)[C@H](CCCCN(C)C)NC(=O)[C@H](CCC(=O)O)CC(=O)OCc1ccccc1)C(=O)Nc1ccc2nc(C3=N[C@@H](C(=O)O)CS3)sc2c1. The number of carbonyl (C=O) groups excluding carboxylic acids is 5. The molecule has 60 heavy (non-hydrogen) atoms. The largest absolute Gasteiger partial charge is 0.481 e. The van der Waals surface area contributed by atoms with Gasteiger partial charge in [-0.3, -0.25) is 33.8 Å². The molecule has 4 rings (SSSR count). The number of aliphatic carboxylic acids is 2. The molecule has 0 saturated heterocycles. The second-order valence-electron chi connectivity index (χ2n) is 15.0. The van der Waals surface area contributed by atoms with Crippen molar-refractivity contribution in [1.82, 2.24) is 20.5 Å². The van der Waals surface area contributed by atoms with Crippen LogP contribution in [0, 0.1) is 11.8 Å². The fourth-order valence-electron chi connectivity index (χ4n) is 6.45. The molecule has 3 aromatic rings. The summed E-state index contributed by atoms with van der Waals surface area (Å²) in [7, 11) is 3.85. The minimum atomic E-state index is -1.14. The molecule has 18 heteroatoms. The van der Waals surface area contributed by atoms with Crippen molar-refractivity contribution in [1.29, 1.82) is 0 Å². The topological polar surface area (TPSA) is 234 Å². The van der Waals surface area contributed by atoms with Crippen LogP contribution in [0.2, 0.25) is 0 Å². The first-order valence-electron chi connectivity index (χ1n) is 20.0. The van der Waals surface area contributed by atoms with E-state index in [2.05, 4.69) is 25.9 Å². The van der Waals surface area contributed by atoms with Crippen LogP contribution in [0.25, 0.3) is 10.2 Å². The molecule has 2 aromatic carbocycles. The lowest BCUT2D eigenvalue weighted by atomic mass is 9.90. The summed E-state index contributed by atoms with van der Waals surface area (Å²) in [5, 5.41) is 28.4. The fourth-order valence-corrected chi connectivity index (χ4v) is 8.55. The molecule has 1 aliphatic heterocycles. The molecule has 5 N–H and O–H groups in total. The number of amides is 3. The monoisotopic (exact) mass is 866 g/mol. The Hall–Kier alpha value is -5.20. The Balaban J connectivity index is 1.50. The number of carboxylic acids is 2. The molecule has 0 spiro atoms. The fraction of sp³-hybridized carbons (Fsp3) is 0.500. The highest BCUT2D eigenvalue weighted by Gasteiger charge is 2.31. The average Bonchev–Trinajstić information content (AvgIpc) is 3.87. The van der Waals surface area contributed by atoms with Crippen LogP contribution in [0.5, 0.6) is 0 Å². The van der Waals surface area contributed by atoms with Gasteiger partial charge in [0.2, 0.25) is 17.7 Å². The second kappa shape index (κ2) is 24.2. The number of fused-ring (bicyclic) bond motifs is 1. The number of aliphatic imine (C=N–C) groups is 1. The maximum atomic E-state index is 14.2. The van der Waals surface area contributed by atoms with Gasteiger partial charge in [-0.05, 0) is 82.9 Å². The molecule has 4 atom stereocenters. The van der Waals surface area contributed by atoms with Crippen molar-refractivity contribution in [2.24, 2.45) is 16.8 Å². The second-order valence-corrected chi connectivity index (χ2v) is 17.0. The smallest absolute Gasteiger partial charge is 0.329 e. The number of carboxylic acid groups (broad SMARTS) is 2. The molecule has 0 bridgehead atoms. The van der Waals surface area contributed by atoms with Gasteiger partial charge >= 0.3 is 17.9 Å². The van der Waals surface area contributed by atoms with Gasteiger partial charge in [-0.2, -0.15) is 0 Å². The molecule has 0 fully saturated rings. The highest BCUT2D eigenvalue weighted by atomic mass is 32.2. The van der Waals surface area contributed by atoms with Crippen molar-refractivity contribution in [2.75, 3.05) is 38.3 Å². The lowest BCUT2D eigenvalue weighted by Crippen LogP contribution is -2.45. The maximum Gasteiger partial charge on any atom is 0.329 e. The number of nitrogens with zero attached hydrogens (tertiary/aromatic N) is 3. The molecule has 0 saturated carbocycles. The van der Waals surface area contributed by atoms with E-state index in [1.54, 1.807) is 42.5 Å². The van der Waals surface area contributed by atoms with Crippen molar-refractivity contribution >= 4 is 85.5 Å². The van der Waals surface area contributed by atoms with Gasteiger partial charge in [0, 0.05) is 49.6 Å². The van der Waals surface area contributed by atoms with E-state index in [1.807, 2.05) is 25.1 Å². The third-order valence-electron chi connectivity index (χ3n) is 9.73. The van der Waals surface area contributed by atoms with Gasteiger partial charge in [0.05, 0.1) is 22.7 Å². The summed E-state index contributed by atoms with van der Waals surface area (Å²) in [6, 6.07) is 12.3. The van der Waals surface area contributed by atoms with Crippen molar-refractivity contribution < 1.29 is 48.5 Å². The van der Waals surface area contributed by atoms with Crippen molar-refractivity contribution in [2.45, 2.75) is 89.8 Å². The van der Waals surface area contributed by atoms with Crippen LogP contribution in [0.1, 0.15) is 81.7 Å². The van der Waals surface area contributed by atoms with E-state index in [0.717, 1.165) is 23.2 Å². The van der Waals surface area contributed by atoms with Crippen molar-refractivity contribution in [3.63, 3.8) is 0 Å². The maximum absolute atomic E-state index is 14.2. The molecule has 1 aliphatic rings. The molecule has 1 aromatic heterocycles. The van der Waals surface area contributed by atoms with E-state index < -0.39 is 53.6 Å². The summed E-state index contributed by atoms with van der Waals surface area (Å²) < 4.78 is 6.14. The number of thioether (sulfide) groups is 1. The molecule has 0 unspecified atom stereocenters. The zero-order valence-electron chi connectivity index (χ0n) is 34.1. The van der Waals surface area contributed by atoms with E-state index in [0.29, 0.717) is 59.2 Å². The number of Topliss-reactive ketones (excluding diaryl/α,β-unsaturated/α-hetero) is 1. The van der Waals surface area contributed by atoms with E-state index in [1.165, 1.54) is 30.0 Å². The molecular formula is C42H54N6O10S2. The van der Waals surface area contributed by atoms with Crippen molar-refractivity contribution in [3.8, 4) is 0 Å². The molecule has 0 radical (unpaired) electrons. The van der Waals surface area contributed by atoms with E-state index >= 15 is 0 Å². The van der Waals surface area contributed by atoms with Crippen LogP contribution in [0.3, 0.4) is 0 Å². The van der Waals surface area contributed by atoms with Gasteiger partial charge in [0.1, 0.15) is 16.7 Å². The highest BCUT2D eigenvalue weighted by Crippen LogP contribution is 2.32. The summed E-state index contributed by atoms with van der Waals surface area (Å²) in [5.41, 5.74) is 1.87. The van der Waals surface area contributed by atoms with Gasteiger partial charge in [-0.1, -0.05) is 36.8 Å². The Labute approximate surface area is 357 Å². The summed E-state index contributed by atoms with van der Waals surface area (Å²) >= 11 is 2.65. The molecular weight excluding hydrogens is 813 g/mol. The number of aromatic nitrogens is 1. The number of esters is 1. The zero-order chi connectivity index (χ0) is 43.6. The van der Waals surface area contributed by atoms with Crippen LogP contribution < -0.4 is 16.0 Å². The Bertz CT molecular complexity index is 2010. The summed E-state index contributed by atoms with van der Waals surface area (Å²) in [4.78, 5) is 100. The third-order valence-corrected chi connectivity index (χ3v) is 11.9. The van der Waals surface area contributed by atoms with Gasteiger partial charge in [0.25, 0.3) is 0 Å². The lowest BCUT2D eigenvalue weighted by Gasteiger charge is -2.24. The quantitative estimate of drug-likeness (QED) is 0.0535. The predicted molar refractivity (Wildman–Crippen MR) is 230 cm³/mol. The number of ether oxygens (including phenoxy) is 1. The molecule has 2 heterocycles. The molecule has 3 amide bonds. The van der Waals surface area contributed by atoms with Crippen LogP contribution in [0.15, 0.2) is 53.5 Å². The minimum Gasteiger partial charge on any atom is -0.481 e. The summed E-state index contributed by atoms with van der Waals surface area (Å²) in [6.07, 6.45) is 1.83. The number of anilines is 1. The van der Waals surface area contributed by atoms with E-state index in [4.69, 9.17) is 4.74 Å². The third kappa shape index (κ3) is 16.1. The number of nitrogens with one attached hydrogen (secondary N) is 3. The molecule has 0 aliphatic carbocycles. The van der Waals surface area contributed by atoms with Gasteiger partial charge < -0.3 is 35.8 Å². The first-order chi connectivity index (χ1) is 28.7. The Morgan fingerprint density at radius 2 is 1.63 bits per heavy atom. The van der Waals surface area contributed by atoms with Crippen LogP contribution in [-0.4, -0.2) is 112 Å². The van der Waals surface area contributed by atoms with Gasteiger partial charge in [0.15, 0.2) is 11.8 Å². The van der Waals surface area contributed by atoms with E-state index in [-0.39, 0.29) is 50.4 Å². The van der Waals surface area contributed by atoms with Crippen LogP contribution in [-0.2, 0) is 44.9 Å². The van der Waals surface area contributed by atoms with Crippen LogP contribution in [0.4, 0.5) is 5.69 Å². The zero-order valence-corrected chi connectivity index (χ0v) is 35.8. The first kappa shape index (κ1) is 47.5. The predicted octanol–water partition coefficient (Wildman–Crippen LogP) is 4.89. The first-order valence-corrected chi connectivity index (χ1v) is 21.8. The minimum absolute atomic E-state index is 0.0167. The summed E-state index contributed by atoms with van der Waals surface area (Å²) in [6.45, 7) is 2.54. The van der Waals surface area contributed by atoms with Gasteiger partial charge in [-0.25, -0.2) is 9.78 Å². The van der Waals surface area contributed by atoms with Gasteiger partial charge in [-0.15, -0.1) is 23.1 Å². The number of hydrogen-bond donors (Lipinski definition) is 5. The average molecular weight is 867 g/mol. The number of thiazole rings is 1. The van der Waals surface area contributed by atoms with Crippen LogP contribution >= 0.6 is 23.1 Å². The van der Waals surface area contributed by atoms with Crippen molar-refractivity contribution in [3.05, 3.63) is 59.1 Å².